The van der Waals surface area contributed by atoms with Crippen molar-refractivity contribution in [1.29, 1.82) is 0 Å². The highest BCUT2D eigenvalue weighted by Crippen LogP contribution is 2.22. The summed E-state index contributed by atoms with van der Waals surface area (Å²) in [5.74, 6) is 0.0165. The van der Waals surface area contributed by atoms with E-state index in [0.717, 1.165) is 16.9 Å². The number of primary amides is 1. The van der Waals surface area contributed by atoms with Crippen LogP contribution in [0.3, 0.4) is 0 Å². The number of hydrogen-bond donors (Lipinski definition) is 1. The molecule has 1 aromatic carbocycles. The van der Waals surface area contributed by atoms with E-state index >= 15 is 0 Å². The molecule has 1 saturated heterocycles. The number of nitrogens with two attached hydrogens (primary N) is 1. The molecule has 0 aliphatic carbocycles. The van der Waals surface area contributed by atoms with E-state index in [1.807, 2.05) is 30.3 Å². The summed E-state index contributed by atoms with van der Waals surface area (Å²) in [5, 5.41) is 0. The molecule has 1 aliphatic heterocycles. The summed E-state index contributed by atoms with van der Waals surface area (Å²) >= 11 is 0. The predicted molar refractivity (Wildman–Crippen MR) is 99.5 cm³/mol. The average Bonchev–Trinajstić information content (AvgIpc) is 2.68. The Bertz CT molecular complexity index is 855. The van der Waals surface area contributed by atoms with Gasteiger partial charge < -0.3 is 20.1 Å². The lowest BCUT2D eigenvalue weighted by Crippen LogP contribution is -2.58. The Morgan fingerprint density at radius 3 is 2.85 bits per heavy atom. The van der Waals surface area contributed by atoms with E-state index in [4.69, 9.17) is 15.2 Å². The summed E-state index contributed by atoms with van der Waals surface area (Å²) in [5.41, 5.74) is 6.62. The van der Waals surface area contributed by atoms with Crippen molar-refractivity contribution in [3.63, 3.8) is 0 Å². The highest BCUT2D eigenvalue weighted by atomic mass is 16.5. The molecule has 0 bridgehead atoms. The first-order valence-corrected chi connectivity index (χ1v) is 8.72. The second kappa shape index (κ2) is 7.75. The first-order valence-electron chi connectivity index (χ1n) is 8.72. The zero-order chi connectivity index (χ0) is 19.4. The number of ether oxygens (including phenoxy) is 2. The van der Waals surface area contributed by atoms with Gasteiger partial charge in [0.2, 0.25) is 0 Å². The molecule has 2 amide bonds. The van der Waals surface area contributed by atoms with Gasteiger partial charge in [-0.3, -0.25) is 14.6 Å². The molecule has 27 heavy (non-hydrogen) atoms. The molecular formula is C20H23N3O4. The number of rotatable bonds is 5. The topological polar surface area (TPSA) is 94.8 Å². The molecule has 3 rings (SSSR count). The minimum atomic E-state index is -1.17. The lowest BCUT2D eigenvalue weighted by molar-refractivity contribution is -0.150. The molecular weight excluding hydrogens is 346 g/mol. The van der Waals surface area contributed by atoms with Crippen LogP contribution in [0.2, 0.25) is 0 Å². The first kappa shape index (κ1) is 18.8. The third kappa shape index (κ3) is 4.09. The van der Waals surface area contributed by atoms with Gasteiger partial charge >= 0.3 is 0 Å². The van der Waals surface area contributed by atoms with Gasteiger partial charge in [0.25, 0.3) is 11.8 Å². The van der Waals surface area contributed by atoms with Gasteiger partial charge in [-0.05, 0) is 30.2 Å². The van der Waals surface area contributed by atoms with Crippen LogP contribution in [0.4, 0.5) is 0 Å². The maximum atomic E-state index is 12.9. The summed E-state index contributed by atoms with van der Waals surface area (Å²) in [7, 11) is 1.63. The largest absolute Gasteiger partial charge is 0.496 e. The molecule has 1 aromatic heterocycles. The molecule has 0 spiro atoms. The van der Waals surface area contributed by atoms with Crippen molar-refractivity contribution >= 4 is 11.8 Å². The number of aromatic nitrogens is 1. The number of para-hydroxylation sites is 1. The van der Waals surface area contributed by atoms with E-state index in [-0.39, 0.29) is 19.1 Å². The molecule has 1 aliphatic rings. The quantitative estimate of drug-likeness (QED) is 0.860. The van der Waals surface area contributed by atoms with Crippen LogP contribution >= 0.6 is 0 Å². The molecule has 1 fully saturated rings. The first-order chi connectivity index (χ1) is 12.9. The number of carbonyl (C=O) groups is 2. The fourth-order valence-corrected chi connectivity index (χ4v) is 3.15. The van der Waals surface area contributed by atoms with E-state index < -0.39 is 11.5 Å². The van der Waals surface area contributed by atoms with Crippen LogP contribution < -0.4 is 10.5 Å². The van der Waals surface area contributed by atoms with Gasteiger partial charge in [-0.15, -0.1) is 0 Å². The summed E-state index contributed by atoms with van der Waals surface area (Å²) in [6.07, 6.45) is 3.86. The smallest absolute Gasteiger partial charge is 0.255 e. The minimum absolute atomic E-state index is 0.123. The van der Waals surface area contributed by atoms with E-state index in [1.54, 1.807) is 25.1 Å². The van der Waals surface area contributed by atoms with Crippen LogP contribution in [0.5, 0.6) is 5.75 Å². The van der Waals surface area contributed by atoms with Crippen molar-refractivity contribution in [2.45, 2.75) is 18.9 Å². The lowest BCUT2D eigenvalue weighted by Gasteiger charge is -2.38. The highest BCUT2D eigenvalue weighted by molar-refractivity contribution is 5.95. The Labute approximate surface area is 158 Å². The number of benzene rings is 1. The highest BCUT2D eigenvalue weighted by Gasteiger charge is 2.39. The van der Waals surface area contributed by atoms with Crippen molar-refractivity contribution in [3.8, 4) is 5.75 Å². The van der Waals surface area contributed by atoms with Gasteiger partial charge in [0.15, 0.2) is 5.60 Å². The van der Waals surface area contributed by atoms with Crippen LogP contribution in [-0.2, 0) is 16.0 Å². The number of amides is 2. The third-order valence-electron chi connectivity index (χ3n) is 4.71. The molecule has 142 valence electrons. The molecule has 2 aromatic rings. The molecule has 0 radical (unpaired) electrons. The second-order valence-corrected chi connectivity index (χ2v) is 6.74. The van der Waals surface area contributed by atoms with Gasteiger partial charge in [-0.2, -0.15) is 0 Å². The van der Waals surface area contributed by atoms with E-state index in [9.17, 15) is 9.59 Å². The standard InChI is InChI=1S/C20H23N3O4/c1-20(19(21)25)13-23(7-8-27-20)18(24)16-10-14(11-22-12-16)9-15-5-3-4-6-17(15)26-2/h3-6,10-12H,7-9,13H2,1-2H3,(H2,21,25). The van der Waals surface area contributed by atoms with Gasteiger partial charge in [-0.25, -0.2) is 0 Å². The summed E-state index contributed by atoms with van der Waals surface area (Å²) in [4.78, 5) is 30.3. The number of morpholine rings is 1. The van der Waals surface area contributed by atoms with Gasteiger partial charge in [-0.1, -0.05) is 18.2 Å². The Morgan fingerprint density at radius 1 is 1.33 bits per heavy atom. The number of carbonyl (C=O) groups excluding carboxylic acids is 2. The van der Waals surface area contributed by atoms with Crippen LogP contribution in [0.1, 0.15) is 28.4 Å². The van der Waals surface area contributed by atoms with Crippen LogP contribution in [0.25, 0.3) is 0 Å². The molecule has 7 heteroatoms. The van der Waals surface area contributed by atoms with Gasteiger partial charge in [0.05, 0.1) is 25.8 Å². The van der Waals surface area contributed by atoms with Crippen molar-refractivity contribution in [3.05, 3.63) is 59.4 Å². The summed E-state index contributed by atoms with van der Waals surface area (Å²) in [6, 6.07) is 9.55. The van der Waals surface area contributed by atoms with Crippen molar-refractivity contribution in [2.75, 3.05) is 26.8 Å². The van der Waals surface area contributed by atoms with Crippen molar-refractivity contribution in [1.82, 2.24) is 9.88 Å². The van der Waals surface area contributed by atoms with Gasteiger partial charge in [0.1, 0.15) is 5.75 Å². The Kier molecular flexibility index (Phi) is 5.41. The number of pyridine rings is 1. The Morgan fingerprint density at radius 2 is 2.11 bits per heavy atom. The lowest BCUT2D eigenvalue weighted by atomic mass is 10.0. The summed E-state index contributed by atoms with van der Waals surface area (Å²) < 4.78 is 10.9. The molecule has 2 N–H and O–H groups in total. The van der Waals surface area contributed by atoms with E-state index in [0.29, 0.717) is 18.5 Å². The second-order valence-electron chi connectivity index (χ2n) is 6.74. The van der Waals surface area contributed by atoms with Gasteiger partial charge in [0, 0.05) is 25.4 Å². The van der Waals surface area contributed by atoms with Crippen LogP contribution in [-0.4, -0.2) is 54.1 Å². The van der Waals surface area contributed by atoms with Crippen molar-refractivity contribution < 1.29 is 19.1 Å². The normalized spacial score (nSPS) is 19.6. The SMILES string of the molecule is COc1ccccc1Cc1cncc(C(=O)N2CCOC(C)(C(N)=O)C2)c1. The van der Waals surface area contributed by atoms with Crippen LogP contribution in [0, 0.1) is 0 Å². The maximum absolute atomic E-state index is 12.9. The molecule has 0 saturated carbocycles. The molecule has 7 nitrogen and oxygen atoms in total. The number of nitrogens with zero attached hydrogens (tertiary/aromatic N) is 2. The average molecular weight is 369 g/mol. The maximum Gasteiger partial charge on any atom is 0.255 e. The predicted octanol–water partition coefficient (Wildman–Crippen LogP) is 1.40. The zero-order valence-electron chi connectivity index (χ0n) is 15.5. The molecule has 1 unspecified atom stereocenters. The fraction of sp³-hybridized carbons (Fsp3) is 0.350. The Hall–Kier alpha value is -2.93. The zero-order valence-corrected chi connectivity index (χ0v) is 15.5. The number of hydrogen-bond acceptors (Lipinski definition) is 5. The molecule has 1 atom stereocenters. The number of methoxy groups -OCH3 is 1. The Balaban J connectivity index is 1.79. The van der Waals surface area contributed by atoms with E-state index in [2.05, 4.69) is 4.98 Å². The van der Waals surface area contributed by atoms with Crippen LogP contribution in [0.15, 0.2) is 42.7 Å². The fourth-order valence-electron chi connectivity index (χ4n) is 3.15. The molecule has 2 heterocycles. The summed E-state index contributed by atoms with van der Waals surface area (Å²) in [6.45, 7) is 2.39. The minimum Gasteiger partial charge on any atom is -0.496 e. The third-order valence-corrected chi connectivity index (χ3v) is 4.71. The van der Waals surface area contributed by atoms with Crippen molar-refractivity contribution in [2.24, 2.45) is 5.73 Å². The van der Waals surface area contributed by atoms with E-state index in [1.165, 1.54) is 6.20 Å². The monoisotopic (exact) mass is 369 g/mol.